The van der Waals surface area contributed by atoms with Gasteiger partial charge in [-0.25, -0.2) is 4.98 Å². The predicted octanol–water partition coefficient (Wildman–Crippen LogP) is 5.70. The van der Waals surface area contributed by atoms with Crippen molar-refractivity contribution in [3.8, 4) is 0 Å². The summed E-state index contributed by atoms with van der Waals surface area (Å²) in [7, 11) is 0. The first kappa shape index (κ1) is 18.1. The Kier molecular flexibility index (Phi) is 5.26. The summed E-state index contributed by atoms with van der Waals surface area (Å²) in [4.78, 5) is 17.8. The minimum Gasteiger partial charge on any atom is -0.287 e. The largest absolute Gasteiger partial charge is 0.287 e. The summed E-state index contributed by atoms with van der Waals surface area (Å²) in [5.41, 5.74) is 5.92. The van der Waals surface area contributed by atoms with E-state index in [1.807, 2.05) is 78.9 Å². The Labute approximate surface area is 171 Å². The van der Waals surface area contributed by atoms with Gasteiger partial charge in [-0.2, -0.15) is 5.10 Å². The molecule has 0 atom stereocenters. The Balaban J connectivity index is 1.76. The van der Waals surface area contributed by atoms with E-state index in [0.717, 1.165) is 21.1 Å². The van der Waals surface area contributed by atoms with Crippen LogP contribution in [0.1, 0.15) is 16.1 Å². The van der Waals surface area contributed by atoms with Crippen LogP contribution in [0.5, 0.6) is 0 Å². The molecule has 1 aromatic heterocycles. The first-order valence-corrected chi connectivity index (χ1v) is 9.55. The van der Waals surface area contributed by atoms with Crippen LogP contribution in [0.2, 0.25) is 0 Å². The van der Waals surface area contributed by atoms with Gasteiger partial charge in [-0.05, 0) is 36.4 Å². The van der Waals surface area contributed by atoms with E-state index in [-0.39, 0.29) is 11.5 Å². The van der Waals surface area contributed by atoms with Crippen molar-refractivity contribution in [2.75, 3.05) is 5.43 Å². The molecule has 4 rings (SSSR count). The van der Waals surface area contributed by atoms with E-state index in [1.165, 1.54) is 0 Å². The molecule has 0 aliphatic carbocycles. The third-order valence-corrected chi connectivity index (χ3v) is 4.76. The van der Waals surface area contributed by atoms with Crippen molar-refractivity contribution in [3.63, 3.8) is 0 Å². The molecule has 0 aliphatic rings. The molecule has 1 N–H and O–H groups in total. The summed E-state index contributed by atoms with van der Waals surface area (Å²) in [6.45, 7) is 0. The molecular formula is C23H16BrN3O. The number of fused-ring (bicyclic) bond motifs is 1. The SMILES string of the molecule is O=C(/C(=N/Nc1ccc(Br)cc1)c1ccc2ccccc2n1)c1ccccc1. The molecule has 28 heavy (non-hydrogen) atoms. The number of hydrogen-bond acceptors (Lipinski definition) is 4. The highest BCUT2D eigenvalue weighted by Crippen LogP contribution is 2.17. The number of hydrazone groups is 1. The van der Waals surface area contributed by atoms with E-state index in [4.69, 9.17) is 0 Å². The number of carbonyl (C=O) groups is 1. The fourth-order valence-electron chi connectivity index (χ4n) is 2.79. The fourth-order valence-corrected chi connectivity index (χ4v) is 3.06. The van der Waals surface area contributed by atoms with Crippen LogP contribution >= 0.6 is 15.9 Å². The van der Waals surface area contributed by atoms with Crippen molar-refractivity contribution in [2.24, 2.45) is 5.10 Å². The number of anilines is 1. The number of ketones is 1. The first-order valence-electron chi connectivity index (χ1n) is 8.76. The van der Waals surface area contributed by atoms with Crippen LogP contribution in [-0.2, 0) is 0 Å². The molecule has 0 aliphatic heterocycles. The molecule has 0 spiro atoms. The number of para-hydroxylation sites is 1. The third-order valence-electron chi connectivity index (χ3n) is 4.23. The molecule has 4 aromatic rings. The Hall–Kier alpha value is -3.31. The Morgan fingerprint density at radius 3 is 2.32 bits per heavy atom. The second kappa shape index (κ2) is 8.15. The molecule has 4 nitrogen and oxygen atoms in total. The summed E-state index contributed by atoms with van der Waals surface area (Å²) < 4.78 is 0.971. The van der Waals surface area contributed by atoms with Gasteiger partial charge >= 0.3 is 0 Å². The quantitative estimate of drug-likeness (QED) is 0.251. The molecule has 5 heteroatoms. The van der Waals surface area contributed by atoms with Crippen molar-refractivity contribution in [1.29, 1.82) is 0 Å². The molecule has 136 valence electrons. The van der Waals surface area contributed by atoms with E-state index < -0.39 is 0 Å². The fraction of sp³-hybridized carbons (Fsp3) is 0. The Bertz CT molecular complexity index is 1160. The molecule has 0 amide bonds. The standard InChI is InChI=1S/C23H16BrN3O/c24-18-11-13-19(14-12-18)26-27-22(23(28)17-7-2-1-3-8-17)21-15-10-16-6-4-5-9-20(16)25-21/h1-15,26H/b27-22+. The first-order chi connectivity index (χ1) is 13.7. The van der Waals surface area contributed by atoms with E-state index in [2.05, 4.69) is 31.4 Å². The highest BCUT2D eigenvalue weighted by molar-refractivity contribution is 9.10. The number of halogens is 1. The highest BCUT2D eigenvalue weighted by atomic mass is 79.9. The molecule has 0 saturated carbocycles. The number of nitrogens with zero attached hydrogens (tertiary/aromatic N) is 2. The lowest BCUT2D eigenvalue weighted by atomic mass is 10.0. The Morgan fingerprint density at radius 1 is 0.821 bits per heavy atom. The molecule has 0 fully saturated rings. The van der Waals surface area contributed by atoms with Crippen LogP contribution in [0.25, 0.3) is 10.9 Å². The van der Waals surface area contributed by atoms with Crippen LogP contribution in [0, 0.1) is 0 Å². The minimum atomic E-state index is -0.187. The number of Topliss-reactive ketones (excluding diaryl/α,β-unsaturated/α-hetero) is 1. The number of pyridine rings is 1. The van der Waals surface area contributed by atoms with Crippen molar-refractivity contribution >= 4 is 44.0 Å². The maximum Gasteiger partial charge on any atom is 0.215 e. The predicted molar refractivity (Wildman–Crippen MR) is 117 cm³/mol. The van der Waals surface area contributed by atoms with Gasteiger partial charge in [0.25, 0.3) is 0 Å². The maximum atomic E-state index is 13.1. The minimum absolute atomic E-state index is 0.187. The van der Waals surface area contributed by atoms with E-state index in [9.17, 15) is 4.79 Å². The molecule has 0 radical (unpaired) electrons. The molecular weight excluding hydrogens is 414 g/mol. The van der Waals surface area contributed by atoms with Crippen molar-refractivity contribution < 1.29 is 4.79 Å². The Morgan fingerprint density at radius 2 is 1.54 bits per heavy atom. The van der Waals surface area contributed by atoms with E-state index in [1.54, 1.807) is 12.1 Å². The van der Waals surface area contributed by atoms with Gasteiger partial charge in [0, 0.05) is 15.4 Å². The molecule has 0 saturated heterocycles. The monoisotopic (exact) mass is 429 g/mol. The summed E-state index contributed by atoms with van der Waals surface area (Å²) in [5, 5.41) is 5.43. The van der Waals surface area contributed by atoms with Gasteiger partial charge in [0.1, 0.15) is 0 Å². The molecule has 0 unspecified atom stereocenters. The maximum absolute atomic E-state index is 13.1. The molecule has 0 bridgehead atoms. The van der Waals surface area contributed by atoms with Crippen LogP contribution < -0.4 is 5.43 Å². The summed E-state index contributed by atoms with van der Waals surface area (Å²) >= 11 is 3.41. The van der Waals surface area contributed by atoms with Gasteiger partial charge in [0.2, 0.25) is 5.78 Å². The van der Waals surface area contributed by atoms with Gasteiger partial charge in [0.15, 0.2) is 5.71 Å². The second-order valence-electron chi connectivity index (χ2n) is 6.16. The van der Waals surface area contributed by atoms with Gasteiger partial charge in [0.05, 0.1) is 16.9 Å². The average molecular weight is 430 g/mol. The lowest BCUT2D eigenvalue weighted by molar-refractivity contribution is 0.106. The topological polar surface area (TPSA) is 54.4 Å². The highest BCUT2D eigenvalue weighted by Gasteiger charge is 2.18. The van der Waals surface area contributed by atoms with Crippen LogP contribution in [0.15, 0.2) is 101 Å². The van der Waals surface area contributed by atoms with Crippen LogP contribution in [-0.4, -0.2) is 16.5 Å². The zero-order valence-corrected chi connectivity index (χ0v) is 16.4. The molecule has 3 aromatic carbocycles. The zero-order valence-electron chi connectivity index (χ0n) is 14.8. The second-order valence-corrected chi connectivity index (χ2v) is 7.08. The zero-order chi connectivity index (χ0) is 19.3. The van der Waals surface area contributed by atoms with Crippen molar-refractivity contribution in [3.05, 3.63) is 107 Å². The summed E-state index contributed by atoms with van der Waals surface area (Å²) in [5.74, 6) is -0.187. The van der Waals surface area contributed by atoms with Gasteiger partial charge < -0.3 is 0 Å². The van der Waals surface area contributed by atoms with E-state index >= 15 is 0 Å². The van der Waals surface area contributed by atoms with Gasteiger partial charge in [-0.15, -0.1) is 0 Å². The smallest absolute Gasteiger partial charge is 0.215 e. The van der Waals surface area contributed by atoms with Crippen molar-refractivity contribution in [1.82, 2.24) is 4.98 Å². The van der Waals surface area contributed by atoms with Crippen molar-refractivity contribution in [2.45, 2.75) is 0 Å². The summed E-state index contributed by atoms with van der Waals surface area (Å²) in [6, 6.07) is 28.2. The number of benzene rings is 3. The third kappa shape index (κ3) is 4.00. The average Bonchev–Trinajstić information content (AvgIpc) is 2.75. The molecule has 1 heterocycles. The number of nitrogens with one attached hydrogen (secondary N) is 1. The van der Waals surface area contributed by atoms with Crippen LogP contribution in [0.3, 0.4) is 0 Å². The van der Waals surface area contributed by atoms with Gasteiger partial charge in [-0.1, -0.05) is 70.5 Å². The normalized spacial score (nSPS) is 11.4. The lowest BCUT2D eigenvalue weighted by Crippen LogP contribution is -2.19. The summed E-state index contributed by atoms with van der Waals surface area (Å²) in [6.07, 6.45) is 0. The number of aromatic nitrogens is 1. The van der Waals surface area contributed by atoms with E-state index in [0.29, 0.717) is 11.3 Å². The lowest BCUT2D eigenvalue weighted by Gasteiger charge is -2.08. The number of carbonyl (C=O) groups excluding carboxylic acids is 1. The number of hydrogen-bond donors (Lipinski definition) is 1. The number of rotatable bonds is 5. The van der Waals surface area contributed by atoms with Gasteiger partial charge in [-0.3, -0.25) is 10.2 Å². The van der Waals surface area contributed by atoms with Crippen LogP contribution in [0.4, 0.5) is 5.69 Å².